The summed E-state index contributed by atoms with van der Waals surface area (Å²) in [5.41, 5.74) is 2.04. The third-order valence-electron chi connectivity index (χ3n) is 5.01. The Morgan fingerprint density at radius 2 is 1.92 bits per heavy atom. The van der Waals surface area contributed by atoms with E-state index in [1.165, 1.54) is 6.07 Å². The lowest BCUT2D eigenvalue weighted by atomic mass is 10.0. The highest BCUT2D eigenvalue weighted by atomic mass is 19.1. The third-order valence-corrected chi connectivity index (χ3v) is 5.01. The third kappa shape index (κ3) is 2.80. The topological polar surface area (TPSA) is 41.0 Å². The summed E-state index contributed by atoms with van der Waals surface area (Å²) in [6.45, 7) is 6.16. The van der Waals surface area contributed by atoms with Crippen molar-refractivity contribution in [2.24, 2.45) is 11.8 Å². The fourth-order valence-corrected chi connectivity index (χ4v) is 3.69. The first-order chi connectivity index (χ1) is 11.7. The van der Waals surface area contributed by atoms with Gasteiger partial charge in [0.05, 0.1) is 5.69 Å². The predicted octanol–water partition coefficient (Wildman–Crippen LogP) is 2.97. The standard InChI is InChI=1S/C19H21FN4/c1-2-3-13-4-5-14(8-17(13)20)18-6-7-19(23-22-18)24-11-15-9-21-10-16(15)12-24/h2-8,15-16,21H,9-12H2,1H3/b3-2+. The van der Waals surface area contributed by atoms with Gasteiger partial charge in [0.1, 0.15) is 5.82 Å². The van der Waals surface area contributed by atoms with Crippen LogP contribution >= 0.6 is 0 Å². The molecule has 2 saturated heterocycles. The molecule has 24 heavy (non-hydrogen) atoms. The molecular formula is C19H21FN4. The highest BCUT2D eigenvalue weighted by Gasteiger charge is 2.36. The SMILES string of the molecule is C/C=C/c1ccc(-c2ccc(N3CC4CNCC4C3)nn2)cc1F. The van der Waals surface area contributed by atoms with Crippen molar-refractivity contribution in [3.63, 3.8) is 0 Å². The van der Waals surface area contributed by atoms with Gasteiger partial charge in [0.2, 0.25) is 0 Å². The second-order valence-corrected chi connectivity index (χ2v) is 6.60. The van der Waals surface area contributed by atoms with Crippen LogP contribution in [-0.4, -0.2) is 36.4 Å². The zero-order valence-corrected chi connectivity index (χ0v) is 13.7. The lowest BCUT2D eigenvalue weighted by Gasteiger charge is -2.17. The van der Waals surface area contributed by atoms with Crippen LogP contribution in [0.25, 0.3) is 17.3 Å². The van der Waals surface area contributed by atoms with Crippen molar-refractivity contribution in [3.8, 4) is 11.3 Å². The second kappa shape index (κ2) is 6.32. The highest BCUT2D eigenvalue weighted by Crippen LogP contribution is 2.30. The van der Waals surface area contributed by atoms with Crippen LogP contribution in [0.4, 0.5) is 10.2 Å². The van der Waals surface area contributed by atoms with E-state index in [2.05, 4.69) is 20.4 Å². The molecule has 4 rings (SSSR count). The van der Waals surface area contributed by atoms with Crippen LogP contribution in [-0.2, 0) is 0 Å². The molecule has 0 aliphatic carbocycles. The molecule has 0 spiro atoms. The van der Waals surface area contributed by atoms with E-state index in [1.807, 2.05) is 31.2 Å². The van der Waals surface area contributed by atoms with Crippen LogP contribution < -0.4 is 10.2 Å². The number of rotatable bonds is 3. The fraction of sp³-hybridized carbons (Fsp3) is 0.368. The minimum atomic E-state index is -0.239. The summed E-state index contributed by atoms with van der Waals surface area (Å²) in [6.07, 6.45) is 3.58. The van der Waals surface area contributed by atoms with Gasteiger partial charge in [-0.25, -0.2) is 4.39 Å². The van der Waals surface area contributed by atoms with Crippen LogP contribution in [0.5, 0.6) is 0 Å². The average molecular weight is 324 g/mol. The molecule has 2 fully saturated rings. The van der Waals surface area contributed by atoms with Crippen LogP contribution in [0.1, 0.15) is 12.5 Å². The largest absolute Gasteiger partial charge is 0.354 e. The van der Waals surface area contributed by atoms with E-state index < -0.39 is 0 Å². The molecule has 0 saturated carbocycles. The number of hydrogen-bond acceptors (Lipinski definition) is 4. The van der Waals surface area contributed by atoms with E-state index in [-0.39, 0.29) is 5.82 Å². The second-order valence-electron chi connectivity index (χ2n) is 6.60. The predicted molar refractivity (Wildman–Crippen MR) is 94.2 cm³/mol. The van der Waals surface area contributed by atoms with Gasteiger partial charge in [0.15, 0.2) is 5.82 Å². The lowest BCUT2D eigenvalue weighted by Crippen LogP contribution is -2.26. The Bertz CT molecular complexity index is 744. The van der Waals surface area contributed by atoms with Crippen molar-refractivity contribution < 1.29 is 4.39 Å². The van der Waals surface area contributed by atoms with Crippen LogP contribution in [0.2, 0.25) is 0 Å². The van der Waals surface area contributed by atoms with Crippen molar-refractivity contribution >= 4 is 11.9 Å². The Kier molecular flexibility index (Phi) is 4.02. The molecule has 2 aliphatic heterocycles. The van der Waals surface area contributed by atoms with Crippen molar-refractivity contribution in [1.29, 1.82) is 0 Å². The number of hydrogen-bond donors (Lipinski definition) is 1. The molecule has 1 aromatic carbocycles. The smallest absolute Gasteiger partial charge is 0.151 e. The summed E-state index contributed by atoms with van der Waals surface area (Å²) in [5.74, 6) is 2.12. The zero-order valence-electron chi connectivity index (χ0n) is 13.7. The number of nitrogens with zero attached hydrogens (tertiary/aromatic N) is 3. The quantitative estimate of drug-likeness (QED) is 0.942. The summed E-state index contributed by atoms with van der Waals surface area (Å²) in [4.78, 5) is 2.31. The van der Waals surface area contributed by atoms with E-state index in [4.69, 9.17) is 0 Å². The van der Waals surface area contributed by atoms with Crippen LogP contribution in [0, 0.1) is 17.7 Å². The monoisotopic (exact) mass is 324 g/mol. The van der Waals surface area contributed by atoms with E-state index >= 15 is 0 Å². The molecule has 124 valence electrons. The number of allylic oxidation sites excluding steroid dienone is 1. The first kappa shape index (κ1) is 15.3. The van der Waals surface area contributed by atoms with Gasteiger partial charge in [-0.05, 0) is 37.0 Å². The molecular weight excluding hydrogens is 303 g/mol. The molecule has 2 aliphatic rings. The van der Waals surface area contributed by atoms with Gasteiger partial charge in [0, 0.05) is 37.3 Å². The zero-order chi connectivity index (χ0) is 16.5. The van der Waals surface area contributed by atoms with Crippen LogP contribution in [0.15, 0.2) is 36.4 Å². The number of aromatic nitrogens is 2. The van der Waals surface area contributed by atoms with Gasteiger partial charge in [-0.3, -0.25) is 0 Å². The minimum Gasteiger partial charge on any atom is -0.354 e. The molecule has 3 heterocycles. The molecule has 2 atom stereocenters. The van der Waals surface area contributed by atoms with Gasteiger partial charge in [-0.15, -0.1) is 10.2 Å². The molecule has 2 aromatic rings. The molecule has 0 radical (unpaired) electrons. The molecule has 0 amide bonds. The maximum absolute atomic E-state index is 14.1. The maximum Gasteiger partial charge on any atom is 0.151 e. The normalized spacial score (nSPS) is 23.2. The Morgan fingerprint density at radius 1 is 1.12 bits per heavy atom. The lowest BCUT2D eigenvalue weighted by molar-refractivity contribution is 0.533. The summed E-state index contributed by atoms with van der Waals surface area (Å²) in [6, 6.07) is 9.10. The minimum absolute atomic E-state index is 0.239. The summed E-state index contributed by atoms with van der Waals surface area (Å²) in [5, 5.41) is 12.1. The molecule has 0 bridgehead atoms. The molecule has 2 unspecified atom stereocenters. The average Bonchev–Trinajstić information content (AvgIpc) is 3.19. The fourth-order valence-electron chi connectivity index (χ4n) is 3.69. The molecule has 5 heteroatoms. The van der Waals surface area contributed by atoms with Crippen molar-refractivity contribution in [2.75, 3.05) is 31.1 Å². The van der Waals surface area contributed by atoms with E-state index in [0.717, 1.165) is 49.4 Å². The van der Waals surface area contributed by atoms with Gasteiger partial charge < -0.3 is 10.2 Å². The van der Waals surface area contributed by atoms with Crippen molar-refractivity contribution in [1.82, 2.24) is 15.5 Å². The highest BCUT2D eigenvalue weighted by molar-refractivity contribution is 5.63. The van der Waals surface area contributed by atoms with Gasteiger partial charge in [-0.2, -0.15) is 0 Å². The van der Waals surface area contributed by atoms with Crippen molar-refractivity contribution in [3.05, 3.63) is 47.8 Å². The number of benzene rings is 1. The van der Waals surface area contributed by atoms with Crippen LogP contribution in [0.3, 0.4) is 0 Å². The Labute approximate surface area is 141 Å². The maximum atomic E-state index is 14.1. The van der Waals surface area contributed by atoms with E-state index in [0.29, 0.717) is 11.3 Å². The number of nitrogens with one attached hydrogen (secondary N) is 1. The summed E-state index contributed by atoms with van der Waals surface area (Å²) < 4.78 is 14.1. The first-order valence-corrected chi connectivity index (χ1v) is 8.46. The first-order valence-electron chi connectivity index (χ1n) is 8.46. The number of fused-ring (bicyclic) bond motifs is 1. The van der Waals surface area contributed by atoms with Gasteiger partial charge in [-0.1, -0.05) is 24.3 Å². The number of anilines is 1. The van der Waals surface area contributed by atoms with E-state index in [9.17, 15) is 4.39 Å². The Balaban J connectivity index is 1.53. The van der Waals surface area contributed by atoms with Gasteiger partial charge in [0.25, 0.3) is 0 Å². The van der Waals surface area contributed by atoms with Gasteiger partial charge >= 0.3 is 0 Å². The summed E-state index contributed by atoms with van der Waals surface area (Å²) in [7, 11) is 0. The number of halogens is 1. The van der Waals surface area contributed by atoms with Crippen molar-refractivity contribution in [2.45, 2.75) is 6.92 Å². The Morgan fingerprint density at radius 3 is 2.54 bits per heavy atom. The molecule has 4 nitrogen and oxygen atoms in total. The Hall–Kier alpha value is -2.27. The molecule has 1 N–H and O–H groups in total. The molecule has 1 aromatic heterocycles. The van der Waals surface area contributed by atoms with E-state index in [1.54, 1.807) is 12.1 Å². The summed E-state index contributed by atoms with van der Waals surface area (Å²) >= 11 is 0.